The third kappa shape index (κ3) is 4.92. The molecule has 29 heavy (non-hydrogen) atoms. The molecule has 1 unspecified atom stereocenters. The molecule has 0 saturated heterocycles. The second-order valence-corrected chi connectivity index (χ2v) is 9.25. The second kappa shape index (κ2) is 8.47. The van der Waals surface area contributed by atoms with Gasteiger partial charge in [-0.05, 0) is 48.4 Å². The van der Waals surface area contributed by atoms with Crippen LogP contribution in [0.1, 0.15) is 24.1 Å². The molecule has 0 fully saturated rings. The number of rotatable bonds is 5. The topological polar surface area (TPSA) is 72.9 Å². The average molecular weight is 436 g/mol. The van der Waals surface area contributed by atoms with Gasteiger partial charge in [0.2, 0.25) is 5.91 Å². The fraction of sp³-hybridized carbons (Fsp3) is 0.286. The summed E-state index contributed by atoms with van der Waals surface area (Å²) < 4.78 is 34.2. The Balaban J connectivity index is 1.72. The molecule has 0 aromatic heterocycles. The van der Waals surface area contributed by atoms with Crippen molar-refractivity contribution in [2.75, 3.05) is 26.5 Å². The predicted molar refractivity (Wildman–Crippen MR) is 112 cm³/mol. The third-order valence-corrected chi connectivity index (χ3v) is 6.17. The minimum absolute atomic E-state index is 0.198. The average Bonchev–Trinajstić information content (AvgIpc) is 2.70. The molecule has 2 aromatic rings. The molecule has 0 radical (unpaired) electrons. The van der Waals surface area contributed by atoms with Crippen molar-refractivity contribution in [3.63, 3.8) is 0 Å². The van der Waals surface area contributed by atoms with E-state index in [1.807, 2.05) is 6.92 Å². The quantitative estimate of drug-likeness (QED) is 0.669. The van der Waals surface area contributed by atoms with Gasteiger partial charge in [-0.3, -0.25) is 4.79 Å². The van der Waals surface area contributed by atoms with Crippen LogP contribution in [0.5, 0.6) is 11.5 Å². The van der Waals surface area contributed by atoms with Gasteiger partial charge in [0.15, 0.2) is 21.3 Å². The standard InChI is InChI=1S/C21H22ClNO5S/c1-14(16-5-7-17(8-6-16)29(3,25)26)23(2)20(24)9-4-15-12-18(22)21-19(13-15)27-10-11-28-21/h4-9,12-14H,10-11H2,1-3H3/b9-4+. The number of halogens is 1. The van der Waals surface area contributed by atoms with Crippen LogP contribution in [-0.4, -0.2) is 45.7 Å². The lowest BCUT2D eigenvalue weighted by atomic mass is 10.1. The number of amides is 1. The highest BCUT2D eigenvalue weighted by Gasteiger charge is 2.18. The lowest BCUT2D eigenvalue weighted by Gasteiger charge is -2.24. The van der Waals surface area contributed by atoms with Crippen molar-refractivity contribution in [1.82, 2.24) is 4.90 Å². The fourth-order valence-corrected chi connectivity index (χ4v) is 3.82. The molecule has 6 nitrogen and oxygen atoms in total. The fourth-order valence-electron chi connectivity index (χ4n) is 2.92. The molecule has 0 aliphatic carbocycles. The molecular formula is C21H22ClNO5S. The van der Waals surface area contributed by atoms with Crippen molar-refractivity contribution in [3.8, 4) is 11.5 Å². The first-order chi connectivity index (χ1) is 13.7. The summed E-state index contributed by atoms with van der Waals surface area (Å²) in [5.74, 6) is 0.879. The summed E-state index contributed by atoms with van der Waals surface area (Å²) in [4.78, 5) is 14.4. The second-order valence-electron chi connectivity index (χ2n) is 6.83. The lowest BCUT2D eigenvalue weighted by Crippen LogP contribution is -2.28. The van der Waals surface area contributed by atoms with Gasteiger partial charge in [-0.25, -0.2) is 8.42 Å². The van der Waals surface area contributed by atoms with E-state index in [4.69, 9.17) is 21.1 Å². The number of carbonyl (C=O) groups excluding carboxylic acids is 1. The molecular weight excluding hydrogens is 414 g/mol. The summed E-state index contributed by atoms with van der Waals surface area (Å²) in [7, 11) is -1.56. The first-order valence-corrected chi connectivity index (χ1v) is 11.3. The molecule has 1 aliphatic heterocycles. The number of likely N-dealkylation sites (N-methyl/N-ethyl adjacent to an activating group) is 1. The van der Waals surface area contributed by atoms with E-state index in [0.29, 0.717) is 29.7 Å². The Labute approximate surface area is 175 Å². The van der Waals surface area contributed by atoms with Crippen molar-refractivity contribution in [2.45, 2.75) is 17.9 Å². The van der Waals surface area contributed by atoms with Crippen LogP contribution in [-0.2, 0) is 14.6 Å². The monoisotopic (exact) mass is 435 g/mol. The largest absolute Gasteiger partial charge is 0.486 e. The van der Waals surface area contributed by atoms with Crippen LogP contribution in [0.2, 0.25) is 5.02 Å². The molecule has 1 heterocycles. The van der Waals surface area contributed by atoms with Gasteiger partial charge in [0, 0.05) is 19.4 Å². The maximum atomic E-state index is 12.6. The number of carbonyl (C=O) groups is 1. The number of hydrogen-bond acceptors (Lipinski definition) is 5. The maximum Gasteiger partial charge on any atom is 0.246 e. The van der Waals surface area contributed by atoms with Crippen molar-refractivity contribution in [3.05, 3.63) is 58.6 Å². The van der Waals surface area contributed by atoms with Crippen LogP contribution in [0.3, 0.4) is 0 Å². The minimum Gasteiger partial charge on any atom is -0.486 e. The van der Waals surface area contributed by atoms with Crippen LogP contribution < -0.4 is 9.47 Å². The van der Waals surface area contributed by atoms with Crippen LogP contribution >= 0.6 is 11.6 Å². The number of benzene rings is 2. The van der Waals surface area contributed by atoms with E-state index >= 15 is 0 Å². The van der Waals surface area contributed by atoms with Gasteiger partial charge >= 0.3 is 0 Å². The van der Waals surface area contributed by atoms with Gasteiger partial charge in [0.25, 0.3) is 0 Å². The zero-order chi connectivity index (χ0) is 21.2. The Morgan fingerprint density at radius 1 is 1.17 bits per heavy atom. The number of fused-ring (bicyclic) bond motifs is 1. The van der Waals surface area contributed by atoms with Gasteiger partial charge in [0.05, 0.1) is 16.0 Å². The molecule has 1 atom stereocenters. The molecule has 1 amide bonds. The molecule has 0 N–H and O–H groups in total. The minimum atomic E-state index is -3.25. The van der Waals surface area contributed by atoms with Crippen molar-refractivity contribution >= 4 is 33.4 Å². The normalized spacial score (nSPS) is 14.6. The van der Waals surface area contributed by atoms with E-state index in [0.717, 1.165) is 17.4 Å². The molecule has 0 saturated carbocycles. The van der Waals surface area contributed by atoms with E-state index < -0.39 is 9.84 Å². The Hall–Kier alpha value is -2.51. The Morgan fingerprint density at radius 3 is 2.48 bits per heavy atom. The Bertz CT molecular complexity index is 1050. The summed E-state index contributed by atoms with van der Waals surface area (Å²) in [6, 6.07) is 9.79. The number of nitrogens with zero attached hydrogens (tertiary/aromatic N) is 1. The highest BCUT2D eigenvalue weighted by molar-refractivity contribution is 7.90. The third-order valence-electron chi connectivity index (χ3n) is 4.76. The number of ether oxygens (including phenoxy) is 2. The summed E-state index contributed by atoms with van der Waals surface area (Å²) in [6.45, 7) is 2.78. The molecule has 2 aromatic carbocycles. The number of hydrogen-bond donors (Lipinski definition) is 0. The van der Waals surface area contributed by atoms with Crippen LogP contribution in [0.15, 0.2) is 47.4 Å². The zero-order valence-electron chi connectivity index (χ0n) is 16.4. The SMILES string of the molecule is CC(c1ccc(S(C)(=O)=O)cc1)N(C)C(=O)/C=C/c1cc(Cl)c2c(c1)OCCO2. The van der Waals surface area contributed by atoms with Gasteiger partial charge < -0.3 is 14.4 Å². The zero-order valence-corrected chi connectivity index (χ0v) is 18.0. The van der Waals surface area contributed by atoms with E-state index in [9.17, 15) is 13.2 Å². The van der Waals surface area contributed by atoms with E-state index in [-0.39, 0.29) is 16.8 Å². The molecule has 0 spiro atoms. The van der Waals surface area contributed by atoms with E-state index in [1.54, 1.807) is 54.4 Å². The van der Waals surface area contributed by atoms with Gasteiger partial charge in [-0.2, -0.15) is 0 Å². The smallest absolute Gasteiger partial charge is 0.246 e. The summed E-state index contributed by atoms with van der Waals surface area (Å²) >= 11 is 6.22. The summed E-state index contributed by atoms with van der Waals surface area (Å²) in [5.41, 5.74) is 1.56. The molecule has 0 bridgehead atoms. The van der Waals surface area contributed by atoms with Crippen molar-refractivity contribution in [2.24, 2.45) is 0 Å². The number of sulfone groups is 1. The molecule has 1 aliphatic rings. The lowest BCUT2D eigenvalue weighted by molar-refractivity contribution is -0.126. The molecule has 8 heteroatoms. The highest BCUT2D eigenvalue weighted by Crippen LogP contribution is 2.38. The van der Waals surface area contributed by atoms with Gasteiger partial charge in [-0.1, -0.05) is 23.7 Å². The Morgan fingerprint density at radius 2 is 1.83 bits per heavy atom. The summed E-state index contributed by atoms with van der Waals surface area (Å²) in [6.07, 6.45) is 4.29. The van der Waals surface area contributed by atoms with Gasteiger partial charge in [-0.15, -0.1) is 0 Å². The molecule has 3 rings (SSSR count). The van der Waals surface area contributed by atoms with Crippen molar-refractivity contribution in [1.29, 1.82) is 0 Å². The van der Waals surface area contributed by atoms with Crippen LogP contribution in [0.4, 0.5) is 0 Å². The van der Waals surface area contributed by atoms with Crippen LogP contribution in [0, 0.1) is 0 Å². The Kier molecular flexibility index (Phi) is 6.19. The summed E-state index contributed by atoms with van der Waals surface area (Å²) in [5, 5.41) is 0.432. The highest BCUT2D eigenvalue weighted by atomic mass is 35.5. The van der Waals surface area contributed by atoms with Gasteiger partial charge in [0.1, 0.15) is 13.2 Å². The van der Waals surface area contributed by atoms with Crippen molar-refractivity contribution < 1.29 is 22.7 Å². The van der Waals surface area contributed by atoms with E-state index in [2.05, 4.69) is 0 Å². The van der Waals surface area contributed by atoms with E-state index in [1.165, 1.54) is 6.08 Å². The predicted octanol–water partition coefficient (Wildman–Crippen LogP) is 3.75. The maximum absolute atomic E-state index is 12.6. The van der Waals surface area contributed by atoms with Crippen LogP contribution in [0.25, 0.3) is 6.08 Å². The first-order valence-electron chi connectivity index (χ1n) is 9.01. The molecule has 154 valence electrons. The first kappa shape index (κ1) is 21.2.